The zero-order chi connectivity index (χ0) is 11.8. The summed E-state index contributed by atoms with van der Waals surface area (Å²) in [7, 11) is 0. The maximum Gasteiger partial charge on any atom is 0.229 e. The van der Waals surface area contributed by atoms with Crippen LogP contribution in [0.1, 0.15) is 29.8 Å². The second-order valence-corrected chi connectivity index (χ2v) is 4.81. The third-order valence-electron chi connectivity index (χ3n) is 3.40. The van der Waals surface area contributed by atoms with Gasteiger partial charge >= 0.3 is 0 Å². The van der Waals surface area contributed by atoms with Crippen molar-refractivity contribution in [2.24, 2.45) is 0 Å². The molecule has 0 amide bonds. The van der Waals surface area contributed by atoms with Crippen molar-refractivity contribution in [3.8, 4) is 5.69 Å². The molecule has 3 rings (SSSR count). The van der Waals surface area contributed by atoms with E-state index in [1.165, 1.54) is 30.4 Å². The molecule has 0 saturated carbocycles. The highest BCUT2D eigenvalue weighted by Gasteiger charge is 2.17. The summed E-state index contributed by atoms with van der Waals surface area (Å²) < 4.78 is 1.94. The average Bonchev–Trinajstić information content (AvgIpc) is 2.69. The van der Waals surface area contributed by atoms with Crippen LogP contribution in [0, 0.1) is 6.92 Å². The highest BCUT2D eigenvalue weighted by atomic mass is 35.5. The first-order valence-electron chi connectivity index (χ1n) is 5.96. The highest BCUT2D eigenvalue weighted by Crippen LogP contribution is 2.28. The molecule has 0 spiro atoms. The van der Waals surface area contributed by atoms with Crippen LogP contribution >= 0.6 is 11.6 Å². The van der Waals surface area contributed by atoms with Crippen molar-refractivity contribution in [2.45, 2.75) is 32.6 Å². The predicted molar refractivity (Wildman–Crippen MR) is 67.7 cm³/mol. The molecule has 17 heavy (non-hydrogen) atoms. The summed E-state index contributed by atoms with van der Waals surface area (Å²) >= 11 is 6.11. The van der Waals surface area contributed by atoms with Crippen molar-refractivity contribution < 1.29 is 0 Å². The van der Waals surface area contributed by atoms with E-state index >= 15 is 0 Å². The molecule has 0 unspecified atom stereocenters. The van der Waals surface area contributed by atoms with Gasteiger partial charge < -0.3 is 0 Å². The van der Waals surface area contributed by atoms with E-state index in [0.717, 1.165) is 17.9 Å². The summed E-state index contributed by atoms with van der Waals surface area (Å²) in [5, 5.41) is 8.39. The lowest BCUT2D eigenvalue weighted by Gasteiger charge is -2.20. The van der Waals surface area contributed by atoms with Crippen molar-refractivity contribution in [3.05, 3.63) is 40.4 Å². The van der Waals surface area contributed by atoms with Gasteiger partial charge in [-0.25, -0.2) is 0 Å². The Hall–Kier alpha value is -1.35. The number of fused-ring (bicyclic) bond motifs is 1. The minimum Gasteiger partial charge on any atom is -0.270 e. The van der Waals surface area contributed by atoms with Gasteiger partial charge in [0.15, 0.2) is 0 Å². The minimum atomic E-state index is 0.446. The fourth-order valence-electron chi connectivity index (χ4n) is 2.58. The van der Waals surface area contributed by atoms with Gasteiger partial charge in [-0.1, -0.05) is 12.1 Å². The molecular weight excluding hydrogens is 234 g/mol. The molecule has 0 aliphatic heterocycles. The first-order chi connectivity index (χ1) is 8.27. The van der Waals surface area contributed by atoms with Gasteiger partial charge in [0.2, 0.25) is 5.28 Å². The van der Waals surface area contributed by atoms with Gasteiger partial charge in [0.1, 0.15) is 5.82 Å². The Morgan fingerprint density at radius 3 is 2.76 bits per heavy atom. The lowest BCUT2D eigenvalue weighted by atomic mass is 9.90. The number of halogens is 1. The van der Waals surface area contributed by atoms with Gasteiger partial charge in [0.05, 0.1) is 5.69 Å². The summed E-state index contributed by atoms with van der Waals surface area (Å²) in [5.41, 5.74) is 4.00. The van der Waals surface area contributed by atoms with Crippen LogP contribution in [-0.4, -0.2) is 14.8 Å². The van der Waals surface area contributed by atoms with E-state index in [0.29, 0.717) is 5.28 Å². The Morgan fingerprint density at radius 1 is 1.18 bits per heavy atom. The predicted octanol–water partition coefficient (Wildman–Crippen LogP) is 3.11. The summed E-state index contributed by atoms with van der Waals surface area (Å²) in [6, 6.07) is 6.41. The van der Waals surface area contributed by atoms with Gasteiger partial charge in [0, 0.05) is 0 Å². The van der Waals surface area contributed by atoms with Crippen molar-refractivity contribution in [2.75, 3.05) is 0 Å². The van der Waals surface area contributed by atoms with Crippen LogP contribution in [0.2, 0.25) is 5.28 Å². The Kier molecular flexibility index (Phi) is 2.63. The Morgan fingerprint density at radius 2 is 2.00 bits per heavy atom. The van der Waals surface area contributed by atoms with Gasteiger partial charge in [-0.2, -0.15) is 0 Å². The quantitative estimate of drug-likeness (QED) is 0.775. The summed E-state index contributed by atoms with van der Waals surface area (Å²) in [5.74, 6) is 0.842. The molecule has 1 aliphatic rings. The van der Waals surface area contributed by atoms with E-state index in [4.69, 9.17) is 11.6 Å². The van der Waals surface area contributed by atoms with E-state index in [2.05, 4.69) is 28.4 Å². The van der Waals surface area contributed by atoms with Crippen LogP contribution in [0.15, 0.2) is 18.2 Å². The van der Waals surface area contributed by atoms with Crippen molar-refractivity contribution in [1.82, 2.24) is 14.8 Å². The second-order valence-electron chi connectivity index (χ2n) is 4.47. The summed E-state index contributed by atoms with van der Waals surface area (Å²) in [6.45, 7) is 1.93. The standard InChI is InChI=1S/C13H14ClN3/c1-9-15-16-13(14)17(9)12-8-4-6-10-5-2-3-7-11(10)12/h4,6,8H,2-3,5,7H2,1H3. The first-order valence-corrected chi connectivity index (χ1v) is 6.34. The smallest absolute Gasteiger partial charge is 0.229 e. The maximum absolute atomic E-state index is 6.11. The van der Waals surface area contributed by atoms with Crippen LogP contribution < -0.4 is 0 Å². The fourth-order valence-corrected chi connectivity index (χ4v) is 2.83. The normalized spacial score (nSPS) is 14.7. The molecule has 1 aliphatic carbocycles. The zero-order valence-corrected chi connectivity index (χ0v) is 10.5. The van der Waals surface area contributed by atoms with E-state index in [1.54, 1.807) is 0 Å². The van der Waals surface area contributed by atoms with Gasteiger partial charge in [0.25, 0.3) is 0 Å². The van der Waals surface area contributed by atoms with E-state index < -0.39 is 0 Å². The molecule has 0 atom stereocenters. The molecule has 2 aromatic rings. The average molecular weight is 248 g/mol. The molecule has 3 nitrogen and oxygen atoms in total. The van der Waals surface area contributed by atoms with Crippen molar-refractivity contribution in [1.29, 1.82) is 0 Å². The largest absolute Gasteiger partial charge is 0.270 e. The molecule has 1 aromatic heterocycles. The third-order valence-corrected chi connectivity index (χ3v) is 3.64. The van der Waals surface area contributed by atoms with Crippen LogP contribution in [0.5, 0.6) is 0 Å². The molecule has 0 bridgehead atoms. The summed E-state index contributed by atoms with van der Waals surface area (Å²) in [6.07, 6.45) is 4.83. The first kappa shape index (κ1) is 10.8. The lowest BCUT2D eigenvalue weighted by Crippen LogP contribution is -2.09. The van der Waals surface area contributed by atoms with Crippen LogP contribution in [-0.2, 0) is 12.8 Å². The Balaban J connectivity index is 2.21. The lowest BCUT2D eigenvalue weighted by molar-refractivity contribution is 0.680. The number of hydrogen-bond acceptors (Lipinski definition) is 2. The van der Waals surface area contributed by atoms with Crippen molar-refractivity contribution in [3.63, 3.8) is 0 Å². The van der Waals surface area contributed by atoms with Gasteiger partial charge in [-0.3, -0.25) is 4.57 Å². The number of benzene rings is 1. The van der Waals surface area contributed by atoms with Crippen LogP contribution in [0.4, 0.5) is 0 Å². The maximum atomic E-state index is 6.11. The number of aromatic nitrogens is 3. The molecular formula is C13H14ClN3. The molecule has 1 heterocycles. The number of hydrogen-bond donors (Lipinski definition) is 0. The number of rotatable bonds is 1. The molecule has 4 heteroatoms. The highest BCUT2D eigenvalue weighted by molar-refractivity contribution is 6.28. The minimum absolute atomic E-state index is 0.446. The van der Waals surface area contributed by atoms with E-state index in [9.17, 15) is 0 Å². The Bertz CT molecular complexity index is 540. The number of nitrogens with zero attached hydrogens (tertiary/aromatic N) is 3. The van der Waals surface area contributed by atoms with E-state index in [1.807, 2.05) is 11.5 Å². The Labute approximate surface area is 105 Å². The van der Waals surface area contributed by atoms with Gasteiger partial charge in [-0.15, -0.1) is 10.2 Å². The van der Waals surface area contributed by atoms with Crippen molar-refractivity contribution >= 4 is 11.6 Å². The molecule has 88 valence electrons. The molecule has 0 N–H and O–H groups in total. The molecule has 0 saturated heterocycles. The zero-order valence-electron chi connectivity index (χ0n) is 9.78. The van der Waals surface area contributed by atoms with E-state index in [-0.39, 0.29) is 0 Å². The SMILES string of the molecule is Cc1nnc(Cl)n1-c1cccc2c1CCCC2. The topological polar surface area (TPSA) is 30.7 Å². The van der Waals surface area contributed by atoms with Gasteiger partial charge in [-0.05, 0) is 61.4 Å². The fraction of sp³-hybridized carbons (Fsp3) is 0.385. The molecule has 0 fully saturated rings. The number of aryl methyl sites for hydroxylation is 2. The molecule has 0 radical (unpaired) electrons. The monoisotopic (exact) mass is 247 g/mol. The van der Waals surface area contributed by atoms with Crippen LogP contribution in [0.3, 0.4) is 0 Å². The summed E-state index contributed by atoms with van der Waals surface area (Å²) in [4.78, 5) is 0. The molecule has 1 aromatic carbocycles. The second kappa shape index (κ2) is 4.15. The third kappa shape index (κ3) is 1.75. The van der Waals surface area contributed by atoms with Crippen LogP contribution in [0.25, 0.3) is 5.69 Å².